The maximum absolute atomic E-state index is 12.7. The van der Waals surface area contributed by atoms with Crippen LogP contribution in [-0.2, 0) is 4.79 Å². The van der Waals surface area contributed by atoms with Crippen LogP contribution in [0.25, 0.3) is 5.69 Å². The van der Waals surface area contributed by atoms with Gasteiger partial charge in [-0.15, -0.1) is 10.2 Å². The highest BCUT2D eigenvalue weighted by atomic mass is 16.4. The van der Waals surface area contributed by atoms with Crippen LogP contribution in [0.2, 0.25) is 0 Å². The molecule has 1 atom stereocenters. The largest absolute Gasteiger partial charge is 0.481 e. The summed E-state index contributed by atoms with van der Waals surface area (Å²) >= 11 is 0. The Balaban J connectivity index is 2.11. The molecule has 1 aromatic heterocycles. The SMILES string of the molecule is CC1c2nncn2-c2ccccc2C(=O)N1CCC(=O)O. The van der Waals surface area contributed by atoms with Crippen molar-refractivity contribution in [2.24, 2.45) is 0 Å². The molecule has 1 aliphatic heterocycles. The van der Waals surface area contributed by atoms with Gasteiger partial charge in [0.15, 0.2) is 5.82 Å². The number of para-hydroxylation sites is 1. The molecule has 0 bridgehead atoms. The first kappa shape index (κ1) is 13.3. The fraction of sp³-hybridized carbons (Fsp3) is 0.286. The highest BCUT2D eigenvalue weighted by molar-refractivity contribution is 5.98. The number of carboxylic acid groups (broad SMARTS) is 1. The lowest BCUT2D eigenvalue weighted by atomic mass is 10.1. The Kier molecular flexibility index (Phi) is 3.17. The Morgan fingerprint density at radius 3 is 2.90 bits per heavy atom. The van der Waals surface area contributed by atoms with E-state index in [0.29, 0.717) is 17.1 Å². The van der Waals surface area contributed by atoms with Crippen LogP contribution in [0.15, 0.2) is 30.6 Å². The fourth-order valence-corrected chi connectivity index (χ4v) is 2.56. The van der Waals surface area contributed by atoms with Gasteiger partial charge in [-0.05, 0) is 19.1 Å². The second-order valence-corrected chi connectivity index (χ2v) is 4.89. The molecular formula is C14H14N4O3. The number of aliphatic carboxylic acids is 1. The van der Waals surface area contributed by atoms with E-state index in [1.807, 2.05) is 19.1 Å². The smallest absolute Gasteiger partial charge is 0.305 e. The summed E-state index contributed by atoms with van der Waals surface area (Å²) in [5, 5.41) is 16.9. The predicted octanol–water partition coefficient (Wildman–Crippen LogP) is 1.26. The molecule has 1 aromatic carbocycles. The number of hydrogen-bond donors (Lipinski definition) is 1. The van der Waals surface area contributed by atoms with Gasteiger partial charge in [-0.3, -0.25) is 14.2 Å². The van der Waals surface area contributed by atoms with E-state index in [0.717, 1.165) is 0 Å². The number of rotatable bonds is 3. The standard InChI is InChI=1S/C14H14N4O3/c1-9-13-16-15-8-18(13)11-5-3-2-4-10(11)14(21)17(9)7-6-12(19)20/h2-5,8-9H,6-7H2,1H3,(H,19,20). The number of amides is 1. The monoisotopic (exact) mass is 286 g/mol. The molecule has 0 fully saturated rings. The summed E-state index contributed by atoms with van der Waals surface area (Å²) in [5.74, 6) is -0.502. The number of fused-ring (bicyclic) bond motifs is 3. The lowest BCUT2D eigenvalue weighted by Gasteiger charge is -2.25. The first-order valence-electron chi connectivity index (χ1n) is 6.61. The molecule has 21 heavy (non-hydrogen) atoms. The van der Waals surface area contributed by atoms with Crippen LogP contribution in [0.1, 0.15) is 35.6 Å². The van der Waals surface area contributed by atoms with Gasteiger partial charge < -0.3 is 10.0 Å². The van der Waals surface area contributed by atoms with E-state index in [1.165, 1.54) is 4.90 Å². The number of carboxylic acids is 1. The number of carbonyl (C=O) groups is 2. The van der Waals surface area contributed by atoms with Crippen molar-refractivity contribution in [3.05, 3.63) is 42.0 Å². The minimum absolute atomic E-state index is 0.105. The van der Waals surface area contributed by atoms with E-state index in [1.54, 1.807) is 23.0 Å². The second kappa shape index (κ2) is 5.01. The fourth-order valence-electron chi connectivity index (χ4n) is 2.56. The van der Waals surface area contributed by atoms with E-state index >= 15 is 0 Å². The van der Waals surface area contributed by atoms with Crippen LogP contribution in [0, 0.1) is 0 Å². The van der Waals surface area contributed by atoms with Crippen LogP contribution in [0.4, 0.5) is 0 Å². The highest BCUT2D eigenvalue weighted by Crippen LogP contribution is 2.29. The highest BCUT2D eigenvalue weighted by Gasteiger charge is 2.32. The number of nitrogens with zero attached hydrogens (tertiary/aromatic N) is 4. The van der Waals surface area contributed by atoms with Gasteiger partial charge in [0.05, 0.1) is 23.7 Å². The molecule has 0 aliphatic carbocycles. The Morgan fingerprint density at radius 1 is 1.38 bits per heavy atom. The van der Waals surface area contributed by atoms with Crippen molar-refractivity contribution >= 4 is 11.9 Å². The molecule has 1 aliphatic rings. The molecule has 7 nitrogen and oxygen atoms in total. The van der Waals surface area contributed by atoms with Crippen molar-refractivity contribution in [2.75, 3.05) is 6.54 Å². The molecular weight excluding hydrogens is 272 g/mol. The number of hydrogen-bond acceptors (Lipinski definition) is 4. The zero-order chi connectivity index (χ0) is 15.0. The number of carbonyl (C=O) groups excluding carboxylic acids is 1. The van der Waals surface area contributed by atoms with Gasteiger partial charge in [-0.2, -0.15) is 0 Å². The first-order chi connectivity index (χ1) is 10.1. The number of benzene rings is 1. The zero-order valence-corrected chi connectivity index (χ0v) is 11.4. The minimum atomic E-state index is -0.936. The van der Waals surface area contributed by atoms with E-state index in [4.69, 9.17) is 5.11 Å². The molecule has 0 saturated heterocycles. The van der Waals surface area contributed by atoms with Crippen LogP contribution in [0.3, 0.4) is 0 Å². The Hall–Kier alpha value is -2.70. The summed E-state index contributed by atoms with van der Waals surface area (Å²) in [5.41, 5.74) is 1.24. The topological polar surface area (TPSA) is 88.3 Å². The molecule has 1 amide bonds. The van der Waals surface area contributed by atoms with Crippen molar-refractivity contribution in [2.45, 2.75) is 19.4 Å². The number of aromatic nitrogens is 3. The van der Waals surface area contributed by atoms with Gasteiger partial charge in [0.2, 0.25) is 0 Å². The van der Waals surface area contributed by atoms with Gasteiger partial charge in [0.25, 0.3) is 5.91 Å². The summed E-state index contributed by atoms with van der Waals surface area (Å²) in [6.07, 6.45) is 1.46. The summed E-state index contributed by atoms with van der Waals surface area (Å²) in [6.45, 7) is 1.96. The van der Waals surface area contributed by atoms with E-state index in [-0.39, 0.29) is 24.9 Å². The molecule has 1 N–H and O–H groups in total. The molecule has 1 unspecified atom stereocenters. The second-order valence-electron chi connectivity index (χ2n) is 4.89. The quantitative estimate of drug-likeness (QED) is 0.917. The van der Waals surface area contributed by atoms with Gasteiger partial charge in [-0.25, -0.2) is 0 Å². The van der Waals surface area contributed by atoms with Crippen molar-refractivity contribution in [3.63, 3.8) is 0 Å². The normalized spacial score (nSPS) is 17.1. The first-order valence-corrected chi connectivity index (χ1v) is 6.61. The molecule has 2 heterocycles. The van der Waals surface area contributed by atoms with Gasteiger partial charge in [-0.1, -0.05) is 12.1 Å². The van der Waals surface area contributed by atoms with Gasteiger partial charge in [0.1, 0.15) is 6.33 Å². The van der Waals surface area contributed by atoms with Crippen LogP contribution < -0.4 is 0 Å². The lowest BCUT2D eigenvalue weighted by Crippen LogP contribution is -2.34. The molecule has 0 saturated carbocycles. The Bertz CT molecular complexity index is 710. The molecule has 3 rings (SSSR count). The average Bonchev–Trinajstić information content (AvgIpc) is 2.93. The lowest BCUT2D eigenvalue weighted by molar-refractivity contribution is -0.137. The third-order valence-electron chi connectivity index (χ3n) is 3.64. The Morgan fingerprint density at radius 2 is 2.14 bits per heavy atom. The summed E-state index contributed by atoms with van der Waals surface area (Å²) < 4.78 is 1.78. The van der Waals surface area contributed by atoms with Gasteiger partial charge >= 0.3 is 5.97 Å². The van der Waals surface area contributed by atoms with Crippen molar-refractivity contribution in [1.29, 1.82) is 0 Å². The average molecular weight is 286 g/mol. The molecule has 2 aromatic rings. The maximum atomic E-state index is 12.7. The Labute approximate surface area is 120 Å². The van der Waals surface area contributed by atoms with Crippen LogP contribution >= 0.6 is 0 Å². The van der Waals surface area contributed by atoms with E-state index in [9.17, 15) is 9.59 Å². The molecule has 0 spiro atoms. The van der Waals surface area contributed by atoms with E-state index < -0.39 is 5.97 Å². The maximum Gasteiger partial charge on any atom is 0.305 e. The predicted molar refractivity (Wildman–Crippen MR) is 73.1 cm³/mol. The van der Waals surface area contributed by atoms with Crippen LogP contribution in [-0.4, -0.2) is 43.2 Å². The van der Waals surface area contributed by atoms with Gasteiger partial charge in [0, 0.05) is 6.54 Å². The van der Waals surface area contributed by atoms with Crippen molar-refractivity contribution in [1.82, 2.24) is 19.7 Å². The molecule has 0 radical (unpaired) electrons. The molecule has 7 heteroatoms. The summed E-state index contributed by atoms with van der Waals surface area (Å²) in [7, 11) is 0. The van der Waals surface area contributed by atoms with Crippen molar-refractivity contribution in [3.8, 4) is 5.69 Å². The zero-order valence-electron chi connectivity index (χ0n) is 11.4. The van der Waals surface area contributed by atoms with Crippen LogP contribution in [0.5, 0.6) is 0 Å². The van der Waals surface area contributed by atoms with E-state index in [2.05, 4.69) is 10.2 Å². The third-order valence-corrected chi connectivity index (χ3v) is 3.64. The summed E-state index contributed by atoms with van der Waals surface area (Å²) in [6, 6.07) is 6.84. The third kappa shape index (κ3) is 2.16. The minimum Gasteiger partial charge on any atom is -0.481 e. The van der Waals surface area contributed by atoms with Crippen molar-refractivity contribution < 1.29 is 14.7 Å². The summed E-state index contributed by atoms with van der Waals surface area (Å²) in [4.78, 5) is 25.0. The molecule has 108 valence electrons.